The zero-order valence-electron chi connectivity index (χ0n) is 9.40. The van der Waals surface area contributed by atoms with Gasteiger partial charge in [0.1, 0.15) is 0 Å². The molecule has 0 aromatic rings. The van der Waals surface area contributed by atoms with Crippen LogP contribution in [-0.2, 0) is 0 Å². The molecule has 76 valence electrons. The second kappa shape index (κ2) is 4.17. The van der Waals surface area contributed by atoms with E-state index < -0.39 is 0 Å². The molecule has 1 nitrogen and oxygen atoms in total. The first-order chi connectivity index (χ1) is 6.07. The van der Waals surface area contributed by atoms with Crippen LogP contribution in [0.1, 0.15) is 46.5 Å². The molecule has 1 fully saturated rings. The van der Waals surface area contributed by atoms with E-state index in [1.807, 2.05) is 0 Å². The van der Waals surface area contributed by atoms with Crippen molar-refractivity contribution >= 4 is 0 Å². The van der Waals surface area contributed by atoms with Crippen molar-refractivity contribution in [2.24, 2.45) is 5.41 Å². The Morgan fingerprint density at radius 2 is 1.92 bits per heavy atom. The molecule has 0 aliphatic carbocycles. The Balaban J connectivity index is 2.41. The SMILES string of the molecule is C=C(C)N1CCC(C)(CCC)CC1. The molecule has 1 rings (SSSR count). The van der Waals surface area contributed by atoms with Crippen molar-refractivity contribution in [3.05, 3.63) is 12.3 Å². The van der Waals surface area contributed by atoms with E-state index in [1.54, 1.807) is 0 Å². The van der Waals surface area contributed by atoms with Crippen LogP contribution in [-0.4, -0.2) is 18.0 Å². The highest BCUT2D eigenvalue weighted by Gasteiger charge is 2.28. The lowest BCUT2D eigenvalue weighted by atomic mass is 9.77. The van der Waals surface area contributed by atoms with E-state index in [1.165, 1.54) is 44.5 Å². The topological polar surface area (TPSA) is 3.24 Å². The maximum atomic E-state index is 4.00. The predicted molar refractivity (Wildman–Crippen MR) is 58.6 cm³/mol. The number of piperidine rings is 1. The molecule has 0 unspecified atom stereocenters. The molecular weight excluding hydrogens is 158 g/mol. The normalized spacial score (nSPS) is 21.6. The third-order valence-electron chi connectivity index (χ3n) is 3.36. The number of hydrogen-bond donors (Lipinski definition) is 0. The van der Waals surface area contributed by atoms with Gasteiger partial charge in [-0.1, -0.05) is 26.8 Å². The van der Waals surface area contributed by atoms with Crippen LogP contribution in [0.2, 0.25) is 0 Å². The molecule has 0 aromatic heterocycles. The summed E-state index contributed by atoms with van der Waals surface area (Å²) in [6.07, 6.45) is 5.39. The van der Waals surface area contributed by atoms with Crippen molar-refractivity contribution in [2.75, 3.05) is 13.1 Å². The summed E-state index contributed by atoms with van der Waals surface area (Å²) in [6, 6.07) is 0. The molecule has 0 radical (unpaired) electrons. The zero-order chi connectivity index (χ0) is 9.90. The third kappa shape index (κ3) is 2.75. The van der Waals surface area contributed by atoms with Crippen LogP contribution in [0, 0.1) is 5.41 Å². The second-order valence-corrected chi connectivity index (χ2v) is 4.78. The van der Waals surface area contributed by atoms with Gasteiger partial charge >= 0.3 is 0 Å². The van der Waals surface area contributed by atoms with Crippen molar-refractivity contribution < 1.29 is 0 Å². The van der Waals surface area contributed by atoms with Gasteiger partial charge < -0.3 is 4.90 Å². The fourth-order valence-corrected chi connectivity index (χ4v) is 2.28. The summed E-state index contributed by atoms with van der Waals surface area (Å²) in [6.45, 7) is 13.3. The van der Waals surface area contributed by atoms with Gasteiger partial charge in [-0.2, -0.15) is 0 Å². The summed E-state index contributed by atoms with van der Waals surface area (Å²) >= 11 is 0. The highest BCUT2D eigenvalue weighted by Crippen LogP contribution is 2.35. The first-order valence-electron chi connectivity index (χ1n) is 5.48. The molecule has 1 aliphatic heterocycles. The molecule has 0 amide bonds. The summed E-state index contributed by atoms with van der Waals surface area (Å²) in [7, 11) is 0. The van der Waals surface area contributed by atoms with Crippen LogP contribution in [0.3, 0.4) is 0 Å². The quantitative estimate of drug-likeness (QED) is 0.645. The lowest BCUT2D eigenvalue weighted by Crippen LogP contribution is -2.37. The van der Waals surface area contributed by atoms with E-state index >= 15 is 0 Å². The molecule has 0 saturated carbocycles. The molecule has 0 N–H and O–H groups in total. The van der Waals surface area contributed by atoms with E-state index in [0.29, 0.717) is 5.41 Å². The number of hydrogen-bond acceptors (Lipinski definition) is 1. The minimum atomic E-state index is 0.612. The van der Waals surface area contributed by atoms with Gasteiger partial charge in [0, 0.05) is 18.8 Å². The van der Waals surface area contributed by atoms with E-state index in [-0.39, 0.29) is 0 Å². The summed E-state index contributed by atoms with van der Waals surface area (Å²) in [5.74, 6) is 0. The molecule has 1 heteroatoms. The summed E-state index contributed by atoms with van der Waals surface area (Å²) in [4.78, 5) is 2.41. The Labute approximate surface area is 82.8 Å². The molecule has 0 bridgehead atoms. The summed E-state index contributed by atoms with van der Waals surface area (Å²) in [5.41, 5.74) is 1.85. The largest absolute Gasteiger partial charge is 0.375 e. The van der Waals surface area contributed by atoms with Crippen LogP contribution < -0.4 is 0 Å². The van der Waals surface area contributed by atoms with Crippen LogP contribution in [0.5, 0.6) is 0 Å². The molecule has 0 aromatic carbocycles. The van der Waals surface area contributed by atoms with Crippen molar-refractivity contribution in [3.63, 3.8) is 0 Å². The van der Waals surface area contributed by atoms with Gasteiger partial charge in [-0.25, -0.2) is 0 Å². The van der Waals surface area contributed by atoms with Crippen molar-refractivity contribution in [1.29, 1.82) is 0 Å². The Kier molecular flexibility index (Phi) is 3.40. The fraction of sp³-hybridized carbons (Fsp3) is 0.833. The van der Waals surface area contributed by atoms with Crippen LogP contribution in [0.4, 0.5) is 0 Å². The Hall–Kier alpha value is -0.460. The molecule has 13 heavy (non-hydrogen) atoms. The van der Waals surface area contributed by atoms with Gasteiger partial charge in [0.05, 0.1) is 0 Å². The molecule has 1 saturated heterocycles. The Morgan fingerprint density at radius 1 is 1.38 bits per heavy atom. The van der Waals surface area contributed by atoms with Crippen molar-refractivity contribution in [3.8, 4) is 0 Å². The van der Waals surface area contributed by atoms with Crippen LogP contribution >= 0.6 is 0 Å². The van der Waals surface area contributed by atoms with Crippen LogP contribution in [0.25, 0.3) is 0 Å². The highest BCUT2D eigenvalue weighted by molar-refractivity contribution is 4.93. The summed E-state index contributed by atoms with van der Waals surface area (Å²) < 4.78 is 0. The molecule has 0 spiro atoms. The molecule has 0 atom stereocenters. The minimum absolute atomic E-state index is 0.612. The van der Waals surface area contributed by atoms with E-state index in [2.05, 4.69) is 32.3 Å². The monoisotopic (exact) mass is 181 g/mol. The first-order valence-corrected chi connectivity index (χ1v) is 5.48. The number of allylic oxidation sites excluding steroid dienone is 1. The lowest BCUT2D eigenvalue weighted by Gasteiger charge is -2.40. The predicted octanol–water partition coefficient (Wildman–Crippen LogP) is 3.42. The maximum absolute atomic E-state index is 4.00. The van der Waals surface area contributed by atoms with Gasteiger partial charge in [-0.15, -0.1) is 0 Å². The number of likely N-dealkylation sites (tertiary alicyclic amines) is 1. The number of rotatable bonds is 3. The average Bonchev–Trinajstić information content (AvgIpc) is 2.05. The average molecular weight is 181 g/mol. The van der Waals surface area contributed by atoms with Gasteiger partial charge in [0.15, 0.2) is 0 Å². The van der Waals surface area contributed by atoms with Gasteiger partial charge in [0.2, 0.25) is 0 Å². The smallest absolute Gasteiger partial charge is 0.0179 e. The van der Waals surface area contributed by atoms with Crippen LogP contribution in [0.15, 0.2) is 12.3 Å². The Morgan fingerprint density at radius 3 is 2.31 bits per heavy atom. The number of nitrogens with zero attached hydrogens (tertiary/aromatic N) is 1. The van der Waals surface area contributed by atoms with E-state index in [4.69, 9.17) is 0 Å². The van der Waals surface area contributed by atoms with E-state index in [0.717, 1.165) is 0 Å². The molecular formula is C12H23N. The second-order valence-electron chi connectivity index (χ2n) is 4.78. The highest BCUT2D eigenvalue weighted by atomic mass is 15.1. The van der Waals surface area contributed by atoms with Gasteiger partial charge in [0.25, 0.3) is 0 Å². The molecule has 1 aliphatic rings. The first kappa shape index (κ1) is 10.6. The van der Waals surface area contributed by atoms with Crippen molar-refractivity contribution in [2.45, 2.75) is 46.5 Å². The van der Waals surface area contributed by atoms with Crippen molar-refractivity contribution in [1.82, 2.24) is 4.90 Å². The third-order valence-corrected chi connectivity index (χ3v) is 3.36. The summed E-state index contributed by atoms with van der Waals surface area (Å²) in [5, 5.41) is 0. The standard InChI is InChI=1S/C12H23N/c1-5-6-12(4)7-9-13(10-8-12)11(2)3/h2,5-10H2,1,3-4H3. The zero-order valence-corrected chi connectivity index (χ0v) is 9.40. The fourth-order valence-electron chi connectivity index (χ4n) is 2.28. The van der Waals surface area contributed by atoms with E-state index in [9.17, 15) is 0 Å². The van der Waals surface area contributed by atoms with Gasteiger partial charge in [-0.05, 0) is 31.6 Å². The Bertz CT molecular complexity index is 176. The lowest BCUT2D eigenvalue weighted by molar-refractivity contribution is 0.134. The minimum Gasteiger partial charge on any atom is -0.375 e. The molecule has 1 heterocycles. The maximum Gasteiger partial charge on any atom is 0.0179 e. The van der Waals surface area contributed by atoms with Gasteiger partial charge in [-0.3, -0.25) is 0 Å².